The van der Waals surface area contributed by atoms with Gasteiger partial charge in [0.05, 0.1) is 6.54 Å². The summed E-state index contributed by atoms with van der Waals surface area (Å²) in [6.45, 7) is 2.44. The summed E-state index contributed by atoms with van der Waals surface area (Å²) in [5.41, 5.74) is 0. The maximum absolute atomic E-state index is 4.06. The van der Waals surface area contributed by atoms with Crippen molar-refractivity contribution in [3.63, 3.8) is 0 Å². The largest absolute Gasteiger partial charge is 0.359 e. The molecule has 0 aliphatic heterocycles. The highest BCUT2D eigenvalue weighted by Crippen LogP contribution is 2.12. The minimum Gasteiger partial charge on any atom is -0.359 e. The molecule has 0 atom stereocenters. The van der Waals surface area contributed by atoms with Crippen molar-refractivity contribution in [3.05, 3.63) is 12.4 Å². The average Bonchev–Trinajstić information content (AvgIpc) is 2.19. The lowest BCUT2D eigenvalue weighted by Gasteiger charge is -2.01. The molecular weight excluding hydrogens is 182 g/mol. The monoisotopic (exact) mass is 193 g/mol. The van der Waals surface area contributed by atoms with Crippen molar-refractivity contribution < 1.29 is 0 Å². The number of aromatic nitrogens is 2. The third-order valence-electron chi connectivity index (χ3n) is 1.39. The van der Waals surface area contributed by atoms with E-state index in [-0.39, 0.29) is 0 Å². The van der Waals surface area contributed by atoms with E-state index in [4.69, 9.17) is 0 Å². The highest BCUT2D eigenvalue weighted by atomic mass is 32.2. The zero-order chi connectivity index (χ0) is 9.52. The molecule has 68 valence electrons. The molecular formula is C9H11N3S. The van der Waals surface area contributed by atoms with Crippen molar-refractivity contribution >= 4 is 17.6 Å². The highest BCUT2D eigenvalue weighted by Gasteiger charge is 1.94. The third-order valence-corrected chi connectivity index (χ3v) is 2.03. The standard InChI is InChI=1S/C9H11N3S/c1-3-4-5-10-8-6-9(13-2)12-7-11-8/h6-7H,5H2,1-2H3,(H,10,11,12). The van der Waals surface area contributed by atoms with E-state index in [2.05, 4.69) is 27.1 Å². The van der Waals surface area contributed by atoms with Gasteiger partial charge < -0.3 is 5.32 Å². The van der Waals surface area contributed by atoms with Gasteiger partial charge in [-0.2, -0.15) is 0 Å². The summed E-state index contributed by atoms with van der Waals surface area (Å²) in [5.74, 6) is 6.53. The summed E-state index contributed by atoms with van der Waals surface area (Å²) >= 11 is 1.60. The molecule has 0 aliphatic rings. The molecule has 0 aromatic carbocycles. The molecule has 0 bridgehead atoms. The van der Waals surface area contributed by atoms with Gasteiger partial charge in [0.1, 0.15) is 17.2 Å². The summed E-state index contributed by atoms with van der Waals surface area (Å²) in [6.07, 6.45) is 3.53. The number of nitrogens with one attached hydrogen (secondary N) is 1. The molecule has 0 saturated carbocycles. The van der Waals surface area contributed by atoms with Crippen molar-refractivity contribution in [2.45, 2.75) is 11.9 Å². The zero-order valence-electron chi connectivity index (χ0n) is 7.66. The van der Waals surface area contributed by atoms with Crippen LogP contribution in [0.2, 0.25) is 0 Å². The van der Waals surface area contributed by atoms with Crippen LogP contribution < -0.4 is 5.32 Å². The first-order valence-corrected chi connectivity index (χ1v) is 5.09. The Labute approximate surface area is 82.4 Å². The second-order valence-electron chi connectivity index (χ2n) is 2.23. The summed E-state index contributed by atoms with van der Waals surface area (Å²) < 4.78 is 0. The number of hydrogen-bond acceptors (Lipinski definition) is 4. The molecule has 1 aromatic heterocycles. The topological polar surface area (TPSA) is 37.8 Å². The average molecular weight is 193 g/mol. The number of anilines is 1. The molecule has 1 aromatic rings. The van der Waals surface area contributed by atoms with Gasteiger partial charge in [-0.05, 0) is 13.2 Å². The van der Waals surface area contributed by atoms with Gasteiger partial charge in [0.2, 0.25) is 0 Å². The summed E-state index contributed by atoms with van der Waals surface area (Å²) in [5, 5.41) is 4.04. The first-order chi connectivity index (χ1) is 6.36. The molecule has 13 heavy (non-hydrogen) atoms. The Morgan fingerprint density at radius 3 is 3.08 bits per heavy atom. The van der Waals surface area contributed by atoms with Crippen molar-refractivity contribution in [1.82, 2.24) is 9.97 Å². The molecule has 1 rings (SSSR count). The summed E-state index contributed by atoms with van der Waals surface area (Å²) in [4.78, 5) is 8.12. The molecule has 1 N–H and O–H groups in total. The van der Waals surface area contributed by atoms with Crippen LogP contribution in [0.3, 0.4) is 0 Å². The van der Waals surface area contributed by atoms with Gasteiger partial charge in [0, 0.05) is 6.07 Å². The smallest absolute Gasteiger partial charge is 0.131 e. The van der Waals surface area contributed by atoms with Gasteiger partial charge in [0.25, 0.3) is 0 Å². The van der Waals surface area contributed by atoms with Crippen LogP contribution in [0.25, 0.3) is 0 Å². The molecule has 4 heteroatoms. The van der Waals surface area contributed by atoms with E-state index in [0.29, 0.717) is 6.54 Å². The molecule has 3 nitrogen and oxygen atoms in total. The van der Waals surface area contributed by atoms with Crippen molar-refractivity contribution in [3.8, 4) is 11.8 Å². The number of thioether (sulfide) groups is 1. The second-order valence-corrected chi connectivity index (χ2v) is 3.05. The Hall–Kier alpha value is -1.21. The first kappa shape index (κ1) is 9.87. The Morgan fingerprint density at radius 1 is 1.54 bits per heavy atom. The molecule has 0 amide bonds. The zero-order valence-corrected chi connectivity index (χ0v) is 8.48. The maximum atomic E-state index is 4.06. The van der Waals surface area contributed by atoms with E-state index < -0.39 is 0 Å². The molecule has 0 radical (unpaired) electrons. The van der Waals surface area contributed by atoms with Crippen LogP contribution in [0.15, 0.2) is 17.4 Å². The fourth-order valence-electron chi connectivity index (χ4n) is 0.771. The Balaban J connectivity index is 2.59. The van der Waals surface area contributed by atoms with Gasteiger partial charge in [0.15, 0.2) is 0 Å². The van der Waals surface area contributed by atoms with E-state index in [9.17, 15) is 0 Å². The minimum atomic E-state index is 0.626. The van der Waals surface area contributed by atoms with Crippen LogP contribution in [0.4, 0.5) is 5.82 Å². The van der Waals surface area contributed by atoms with Crippen LogP contribution >= 0.6 is 11.8 Å². The van der Waals surface area contributed by atoms with Gasteiger partial charge in [-0.3, -0.25) is 0 Å². The molecule has 1 heterocycles. The predicted octanol–water partition coefficient (Wildman–Crippen LogP) is 1.63. The van der Waals surface area contributed by atoms with E-state index in [1.807, 2.05) is 19.2 Å². The second kappa shape index (κ2) is 5.44. The third kappa shape index (κ3) is 3.34. The number of rotatable bonds is 3. The summed E-state index contributed by atoms with van der Waals surface area (Å²) in [6, 6.07) is 1.90. The van der Waals surface area contributed by atoms with Gasteiger partial charge in [-0.25, -0.2) is 9.97 Å². The molecule has 0 unspecified atom stereocenters. The van der Waals surface area contributed by atoms with Crippen molar-refractivity contribution in [1.29, 1.82) is 0 Å². The Kier molecular flexibility index (Phi) is 4.13. The normalized spacial score (nSPS) is 8.77. The predicted molar refractivity (Wildman–Crippen MR) is 55.8 cm³/mol. The van der Waals surface area contributed by atoms with Gasteiger partial charge in [-0.1, -0.05) is 5.92 Å². The van der Waals surface area contributed by atoms with E-state index in [1.165, 1.54) is 0 Å². The number of nitrogens with zero attached hydrogens (tertiary/aromatic N) is 2. The lowest BCUT2D eigenvalue weighted by Crippen LogP contribution is -2.01. The number of hydrogen-bond donors (Lipinski definition) is 1. The fraction of sp³-hybridized carbons (Fsp3) is 0.333. The van der Waals surface area contributed by atoms with Crippen LogP contribution in [-0.2, 0) is 0 Å². The first-order valence-electron chi connectivity index (χ1n) is 3.86. The maximum Gasteiger partial charge on any atom is 0.131 e. The lowest BCUT2D eigenvalue weighted by molar-refractivity contribution is 1.04. The van der Waals surface area contributed by atoms with Crippen LogP contribution in [-0.4, -0.2) is 22.8 Å². The van der Waals surface area contributed by atoms with E-state index in [0.717, 1.165) is 10.8 Å². The van der Waals surface area contributed by atoms with Crippen LogP contribution in [0.5, 0.6) is 0 Å². The minimum absolute atomic E-state index is 0.626. The van der Waals surface area contributed by atoms with Gasteiger partial charge >= 0.3 is 0 Å². The lowest BCUT2D eigenvalue weighted by atomic mass is 10.5. The summed E-state index contributed by atoms with van der Waals surface area (Å²) in [7, 11) is 0. The Morgan fingerprint density at radius 2 is 2.38 bits per heavy atom. The van der Waals surface area contributed by atoms with Crippen LogP contribution in [0.1, 0.15) is 6.92 Å². The van der Waals surface area contributed by atoms with E-state index >= 15 is 0 Å². The van der Waals surface area contributed by atoms with Gasteiger partial charge in [-0.15, -0.1) is 17.7 Å². The SMILES string of the molecule is CC#CCNc1cc(SC)ncn1. The van der Waals surface area contributed by atoms with Crippen LogP contribution in [0, 0.1) is 11.8 Å². The molecule has 0 aliphatic carbocycles. The van der Waals surface area contributed by atoms with E-state index in [1.54, 1.807) is 18.1 Å². The molecule has 0 saturated heterocycles. The quantitative estimate of drug-likeness (QED) is 0.450. The molecule has 0 spiro atoms. The Bertz CT molecular complexity index is 327. The fourth-order valence-corrected chi connectivity index (χ4v) is 1.15. The van der Waals surface area contributed by atoms with Crippen molar-refractivity contribution in [2.24, 2.45) is 0 Å². The molecule has 0 fully saturated rings. The van der Waals surface area contributed by atoms with Crippen molar-refractivity contribution in [2.75, 3.05) is 18.1 Å². The highest BCUT2D eigenvalue weighted by molar-refractivity contribution is 7.98.